The van der Waals surface area contributed by atoms with Gasteiger partial charge in [0.2, 0.25) is 0 Å². The maximum absolute atomic E-state index is 11.4. The van der Waals surface area contributed by atoms with Gasteiger partial charge in [-0.05, 0) is 24.3 Å². The number of hydrogen-bond acceptors (Lipinski definition) is 3. The number of carbonyl (C=O) groups is 1. The Morgan fingerprint density at radius 2 is 2.12 bits per heavy atom. The predicted molar refractivity (Wildman–Crippen MR) is 65.2 cm³/mol. The van der Waals surface area contributed by atoms with Crippen LogP contribution in [0.3, 0.4) is 0 Å². The maximum atomic E-state index is 11.4. The molecule has 0 aliphatic heterocycles. The van der Waals surface area contributed by atoms with Gasteiger partial charge in [0.05, 0.1) is 6.61 Å². The molecular weight excluding hydrogens is 244 g/mol. The van der Waals surface area contributed by atoms with E-state index in [4.69, 9.17) is 21.4 Å². The highest BCUT2D eigenvalue weighted by Crippen LogP contribution is 2.14. The highest BCUT2D eigenvalue weighted by molar-refractivity contribution is 6.30. The van der Waals surface area contributed by atoms with E-state index in [-0.39, 0.29) is 25.9 Å². The molecule has 94 valence electrons. The summed E-state index contributed by atoms with van der Waals surface area (Å²) in [4.78, 5) is 12.7. The van der Waals surface area contributed by atoms with Crippen LogP contribution < -0.4 is 10.1 Å². The van der Waals surface area contributed by atoms with Crippen molar-refractivity contribution in [2.75, 3.05) is 26.9 Å². The van der Waals surface area contributed by atoms with Crippen LogP contribution in [0, 0.1) is 0 Å². The molecule has 17 heavy (non-hydrogen) atoms. The van der Waals surface area contributed by atoms with Gasteiger partial charge in [-0.2, -0.15) is 0 Å². The Kier molecular flexibility index (Phi) is 5.59. The first-order valence-corrected chi connectivity index (χ1v) is 5.49. The van der Waals surface area contributed by atoms with Crippen molar-refractivity contribution in [2.24, 2.45) is 0 Å². The number of carbonyl (C=O) groups excluding carboxylic acids is 1. The maximum Gasteiger partial charge on any atom is 0.319 e. The second kappa shape index (κ2) is 6.98. The van der Waals surface area contributed by atoms with Gasteiger partial charge < -0.3 is 20.1 Å². The van der Waals surface area contributed by atoms with Gasteiger partial charge in [0.1, 0.15) is 5.75 Å². The van der Waals surface area contributed by atoms with E-state index < -0.39 is 0 Å². The van der Waals surface area contributed by atoms with Crippen LogP contribution in [0.5, 0.6) is 5.75 Å². The molecule has 0 saturated heterocycles. The van der Waals surface area contributed by atoms with Gasteiger partial charge in [0.25, 0.3) is 0 Å². The SMILES string of the molecule is CN(CCO)C(=O)NCOc1ccc(Cl)cc1. The molecule has 0 saturated carbocycles. The van der Waals surface area contributed by atoms with Crippen LogP contribution in [0.15, 0.2) is 24.3 Å². The zero-order chi connectivity index (χ0) is 12.7. The van der Waals surface area contributed by atoms with Gasteiger partial charge in [0.15, 0.2) is 6.73 Å². The van der Waals surface area contributed by atoms with Crippen molar-refractivity contribution < 1.29 is 14.6 Å². The van der Waals surface area contributed by atoms with E-state index in [0.717, 1.165) is 0 Å². The number of nitrogens with zero attached hydrogens (tertiary/aromatic N) is 1. The van der Waals surface area contributed by atoms with E-state index in [1.54, 1.807) is 31.3 Å². The molecular formula is C11H15ClN2O3. The molecule has 0 aromatic heterocycles. The fourth-order valence-corrected chi connectivity index (χ4v) is 1.22. The molecule has 1 rings (SSSR count). The van der Waals surface area contributed by atoms with Gasteiger partial charge in [-0.3, -0.25) is 0 Å². The average molecular weight is 259 g/mol. The molecule has 5 nitrogen and oxygen atoms in total. The number of rotatable bonds is 5. The first kappa shape index (κ1) is 13.6. The number of likely N-dealkylation sites (N-methyl/N-ethyl adjacent to an activating group) is 1. The molecule has 0 radical (unpaired) electrons. The van der Waals surface area contributed by atoms with E-state index >= 15 is 0 Å². The van der Waals surface area contributed by atoms with Crippen LogP contribution in [0.4, 0.5) is 4.79 Å². The van der Waals surface area contributed by atoms with E-state index in [9.17, 15) is 4.79 Å². The smallest absolute Gasteiger partial charge is 0.319 e. The Balaban J connectivity index is 2.28. The molecule has 0 bridgehead atoms. The molecule has 0 atom stereocenters. The van der Waals surface area contributed by atoms with Crippen molar-refractivity contribution in [3.8, 4) is 5.75 Å². The monoisotopic (exact) mass is 258 g/mol. The van der Waals surface area contributed by atoms with E-state index in [1.165, 1.54) is 4.90 Å². The summed E-state index contributed by atoms with van der Waals surface area (Å²) in [5.41, 5.74) is 0. The Morgan fingerprint density at radius 1 is 1.47 bits per heavy atom. The van der Waals surface area contributed by atoms with Gasteiger partial charge in [-0.15, -0.1) is 0 Å². The second-order valence-corrected chi connectivity index (χ2v) is 3.81. The topological polar surface area (TPSA) is 61.8 Å². The molecule has 0 aliphatic rings. The lowest BCUT2D eigenvalue weighted by Gasteiger charge is -2.16. The molecule has 2 amide bonds. The van der Waals surface area contributed by atoms with Crippen molar-refractivity contribution in [1.29, 1.82) is 0 Å². The van der Waals surface area contributed by atoms with Crippen LogP contribution in [-0.2, 0) is 0 Å². The summed E-state index contributed by atoms with van der Waals surface area (Å²) >= 11 is 5.72. The third-order valence-corrected chi connectivity index (χ3v) is 2.31. The fourth-order valence-electron chi connectivity index (χ4n) is 1.10. The van der Waals surface area contributed by atoms with Gasteiger partial charge in [-0.1, -0.05) is 11.6 Å². The molecule has 0 aliphatic carbocycles. The Bertz CT molecular complexity index is 356. The number of ether oxygens (including phenoxy) is 1. The van der Waals surface area contributed by atoms with Crippen molar-refractivity contribution in [3.05, 3.63) is 29.3 Å². The third kappa shape index (κ3) is 4.93. The highest BCUT2D eigenvalue weighted by atomic mass is 35.5. The number of nitrogens with one attached hydrogen (secondary N) is 1. The van der Waals surface area contributed by atoms with Crippen LogP contribution in [0.1, 0.15) is 0 Å². The number of hydrogen-bond donors (Lipinski definition) is 2. The number of urea groups is 1. The quantitative estimate of drug-likeness (QED) is 0.783. The summed E-state index contributed by atoms with van der Waals surface area (Å²) < 4.78 is 5.28. The lowest BCUT2D eigenvalue weighted by Crippen LogP contribution is -2.40. The highest BCUT2D eigenvalue weighted by Gasteiger charge is 2.06. The van der Waals surface area contributed by atoms with Crippen LogP contribution in [0.25, 0.3) is 0 Å². The number of aliphatic hydroxyl groups excluding tert-OH is 1. The summed E-state index contributed by atoms with van der Waals surface area (Å²) in [6.45, 7) is 0.283. The number of benzene rings is 1. The van der Waals surface area contributed by atoms with Crippen molar-refractivity contribution in [3.63, 3.8) is 0 Å². The molecule has 0 heterocycles. The second-order valence-electron chi connectivity index (χ2n) is 3.37. The first-order valence-electron chi connectivity index (χ1n) is 5.11. The largest absolute Gasteiger partial charge is 0.473 e. The van der Waals surface area contributed by atoms with Crippen LogP contribution in [-0.4, -0.2) is 43.0 Å². The Morgan fingerprint density at radius 3 is 2.71 bits per heavy atom. The van der Waals surface area contributed by atoms with Gasteiger partial charge >= 0.3 is 6.03 Å². The summed E-state index contributed by atoms with van der Waals surface area (Å²) in [5.74, 6) is 0.625. The Hall–Kier alpha value is -1.46. The molecule has 1 aromatic rings. The molecule has 6 heteroatoms. The lowest BCUT2D eigenvalue weighted by molar-refractivity contribution is 0.179. The summed E-state index contributed by atoms with van der Waals surface area (Å²) in [5, 5.41) is 11.8. The standard InChI is InChI=1S/C11H15ClN2O3/c1-14(6-7-15)11(16)13-8-17-10-4-2-9(12)3-5-10/h2-5,15H,6-8H2,1H3,(H,13,16). The van der Waals surface area contributed by atoms with Gasteiger partial charge in [0, 0.05) is 18.6 Å². The molecule has 2 N–H and O–H groups in total. The lowest BCUT2D eigenvalue weighted by atomic mass is 10.3. The fraction of sp³-hybridized carbons (Fsp3) is 0.364. The average Bonchev–Trinajstić information content (AvgIpc) is 2.32. The van der Waals surface area contributed by atoms with Gasteiger partial charge in [-0.25, -0.2) is 4.79 Å². The minimum absolute atomic E-state index is 0.0657. The van der Waals surface area contributed by atoms with E-state index in [2.05, 4.69) is 5.32 Å². The normalized spacial score (nSPS) is 9.82. The minimum atomic E-state index is -0.298. The molecule has 0 unspecified atom stereocenters. The number of amides is 2. The number of aliphatic hydroxyl groups is 1. The Labute approximate surface area is 105 Å². The van der Waals surface area contributed by atoms with Crippen molar-refractivity contribution in [1.82, 2.24) is 10.2 Å². The molecule has 1 aromatic carbocycles. The third-order valence-electron chi connectivity index (χ3n) is 2.06. The van der Waals surface area contributed by atoms with Crippen molar-refractivity contribution >= 4 is 17.6 Å². The predicted octanol–water partition coefficient (Wildman–Crippen LogP) is 1.31. The van der Waals surface area contributed by atoms with E-state index in [1.807, 2.05) is 0 Å². The molecule has 0 fully saturated rings. The van der Waals surface area contributed by atoms with E-state index in [0.29, 0.717) is 10.8 Å². The summed E-state index contributed by atoms with van der Waals surface area (Å²) in [6.07, 6.45) is 0. The summed E-state index contributed by atoms with van der Waals surface area (Å²) in [7, 11) is 1.59. The number of halogens is 1. The van der Waals surface area contributed by atoms with Crippen LogP contribution in [0.2, 0.25) is 5.02 Å². The molecule has 0 spiro atoms. The van der Waals surface area contributed by atoms with Crippen molar-refractivity contribution in [2.45, 2.75) is 0 Å². The zero-order valence-corrected chi connectivity index (χ0v) is 10.3. The first-order chi connectivity index (χ1) is 8.13. The van der Waals surface area contributed by atoms with Crippen LogP contribution >= 0.6 is 11.6 Å². The summed E-state index contributed by atoms with van der Waals surface area (Å²) in [6, 6.07) is 6.54. The zero-order valence-electron chi connectivity index (χ0n) is 9.52. The minimum Gasteiger partial charge on any atom is -0.473 e.